The Morgan fingerprint density at radius 2 is 2.24 bits per heavy atom. The van der Waals surface area contributed by atoms with Crippen molar-refractivity contribution in [3.8, 4) is 0 Å². The van der Waals surface area contributed by atoms with Crippen LogP contribution in [-0.2, 0) is 6.54 Å². The van der Waals surface area contributed by atoms with Gasteiger partial charge in [-0.3, -0.25) is 9.48 Å². The van der Waals surface area contributed by atoms with Crippen LogP contribution in [0, 0.1) is 0 Å². The summed E-state index contributed by atoms with van der Waals surface area (Å²) < 4.78 is 2.70. The minimum atomic E-state index is -0.177. The summed E-state index contributed by atoms with van der Waals surface area (Å²) in [5.74, 6) is -0.177. The fourth-order valence-electron chi connectivity index (χ4n) is 2.03. The number of nitrogens with zero attached hydrogens (tertiary/aromatic N) is 3. The van der Waals surface area contributed by atoms with Crippen LogP contribution in [0.3, 0.4) is 0 Å². The number of nitrogens with one attached hydrogen (secondary N) is 2. The number of hydrogen-bond acceptors (Lipinski definition) is 3. The molecule has 2 aromatic rings. The highest BCUT2D eigenvalue weighted by atomic mass is 79.9. The van der Waals surface area contributed by atoms with Crippen LogP contribution in [0.15, 0.2) is 29.1 Å². The molecule has 0 radical (unpaired) electrons. The van der Waals surface area contributed by atoms with Gasteiger partial charge in [-0.15, -0.1) is 0 Å². The van der Waals surface area contributed by atoms with Gasteiger partial charge in [-0.05, 0) is 35.1 Å². The first kappa shape index (κ1) is 15.8. The van der Waals surface area contributed by atoms with Gasteiger partial charge in [0, 0.05) is 23.4 Å². The summed E-state index contributed by atoms with van der Waals surface area (Å²) in [6.07, 6.45) is 5.24. The molecule has 0 saturated heterocycles. The second-order valence-corrected chi connectivity index (χ2v) is 5.62. The molecule has 0 aliphatic carbocycles. The Bertz CT molecular complexity index is 588. The van der Waals surface area contributed by atoms with Crippen LogP contribution in [0.1, 0.15) is 24.3 Å². The van der Waals surface area contributed by atoms with Crippen molar-refractivity contribution in [2.75, 3.05) is 25.0 Å². The maximum Gasteiger partial charge on any atom is 0.272 e. The molecule has 0 unspecified atom stereocenters. The molecule has 0 aliphatic rings. The van der Waals surface area contributed by atoms with Crippen LogP contribution >= 0.6 is 15.9 Å². The normalized spacial score (nSPS) is 11.0. The molecule has 114 valence electrons. The van der Waals surface area contributed by atoms with Gasteiger partial charge in [0.25, 0.3) is 5.91 Å². The lowest BCUT2D eigenvalue weighted by atomic mass is 10.4. The third kappa shape index (κ3) is 4.44. The predicted molar refractivity (Wildman–Crippen MR) is 86.5 cm³/mol. The maximum absolute atomic E-state index is 12.0. The molecule has 2 heterocycles. The number of H-pyrrole nitrogens is 1. The Morgan fingerprint density at radius 3 is 2.86 bits per heavy atom. The lowest BCUT2D eigenvalue weighted by Crippen LogP contribution is -2.27. The Labute approximate surface area is 132 Å². The quantitative estimate of drug-likeness (QED) is 0.803. The van der Waals surface area contributed by atoms with E-state index in [0.717, 1.165) is 30.7 Å². The second-order valence-electron chi connectivity index (χ2n) is 4.70. The van der Waals surface area contributed by atoms with Gasteiger partial charge in [-0.1, -0.05) is 13.8 Å². The summed E-state index contributed by atoms with van der Waals surface area (Å²) in [6, 6.07) is 1.74. The smallest absolute Gasteiger partial charge is 0.272 e. The van der Waals surface area contributed by atoms with Crippen LogP contribution in [0.4, 0.5) is 5.69 Å². The van der Waals surface area contributed by atoms with Crippen LogP contribution in [0.25, 0.3) is 0 Å². The SMILES string of the molecule is CCN(CC)CCn1cc(NC(=O)c2cc(Br)c[nH]2)cn1. The maximum atomic E-state index is 12.0. The Morgan fingerprint density at radius 1 is 1.48 bits per heavy atom. The number of halogens is 1. The van der Waals surface area contributed by atoms with Gasteiger partial charge in [0.05, 0.1) is 18.4 Å². The highest BCUT2D eigenvalue weighted by Gasteiger charge is 2.09. The monoisotopic (exact) mass is 353 g/mol. The number of anilines is 1. The van der Waals surface area contributed by atoms with Crippen molar-refractivity contribution in [1.82, 2.24) is 19.7 Å². The van der Waals surface area contributed by atoms with Gasteiger partial charge < -0.3 is 15.2 Å². The molecule has 0 fully saturated rings. The number of aromatic nitrogens is 3. The number of carbonyl (C=O) groups excluding carboxylic acids is 1. The van der Waals surface area contributed by atoms with Gasteiger partial charge in [0.15, 0.2) is 0 Å². The number of amides is 1. The number of carbonyl (C=O) groups is 1. The molecule has 0 atom stereocenters. The summed E-state index contributed by atoms with van der Waals surface area (Å²) in [6.45, 7) is 8.11. The average Bonchev–Trinajstić information content (AvgIpc) is 3.09. The number of aromatic amines is 1. The summed E-state index contributed by atoms with van der Waals surface area (Å²) in [5.41, 5.74) is 1.21. The second kappa shape index (κ2) is 7.42. The molecule has 0 aliphatic heterocycles. The zero-order chi connectivity index (χ0) is 15.2. The standard InChI is InChI=1S/C14H20BrN5O/c1-3-19(4-2)5-6-20-10-12(9-17-20)18-14(21)13-7-11(15)8-16-13/h7-10,16H,3-6H2,1-2H3,(H,18,21). The van der Waals surface area contributed by atoms with Crippen LogP contribution in [0.2, 0.25) is 0 Å². The molecule has 0 bridgehead atoms. The van der Waals surface area contributed by atoms with E-state index in [0.29, 0.717) is 11.4 Å². The van der Waals surface area contributed by atoms with Gasteiger partial charge in [-0.2, -0.15) is 5.10 Å². The minimum Gasteiger partial charge on any atom is -0.356 e. The zero-order valence-electron chi connectivity index (χ0n) is 12.3. The summed E-state index contributed by atoms with van der Waals surface area (Å²) >= 11 is 3.31. The zero-order valence-corrected chi connectivity index (χ0v) is 13.9. The van der Waals surface area contributed by atoms with Gasteiger partial charge in [0.2, 0.25) is 0 Å². The van der Waals surface area contributed by atoms with Crippen molar-refractivity contribution in [3.05, 3.63) is 34.8 Å². The number of rotatable bonds is 7. The van der Waals surface area contributed by atoms with Crippen molar-refractivity contribution in [3.63, 3.8) is 0 Å². The molecular weight excluding hydrogens is 334 g/mol. The first-order valence-corrected chi connectivity index (χ1v) is 7.81. The Kier molecular flexibility index (Phi) is 5.58. The van der Waals surface area contributed by atoms with E-state index in [9.17, 15) is 4.79 Å². The van der Waals surface area contributed by atoms with Crippen LogP contribution in [-0.4, -0.2) is 45.2 Å². The molecule has 6 nitrogen and oxygen atoms in total. The van der Waals surface area contributed by atoms with Crippen LogP contribution in [0.5, 0.6) is 0 Å². The third-order valence-corrected chi connectivity index (χ3v) is 3.78. The van der Waals surface area contributed by atoms with Crippen LogP contribution < -0.4 is 5.32 Å². The average molecular weight is 354 g/mol. The molecule has 21 heavy (non-hydrogen) atoms. The molecule has 0 saturated carbocycles. The Hall–Kier alpha value is -1.60. The van der Waals surface area contributed by atoms with E-state index < -0.39 is 0 Å². The van der Waals surface area contributed by atoms with E-state index in [-0.39, 0.29) is 5.91 Å². The lowest BCUT2D eigenvalue weighted by molar-refractivity contribution is 0.102. The molecule has 2 aromatic heterocycles. The number of hydrogen-bond donors (Lipinski definition) is 2. The Balaban J connectivity index is 1.89. The minimum absolute atomic E-state index is 0.177. The van der Waals surface area contributed by atoms with Crippen molar-refractivity contribution in [2.45, 2.75) is 20.4 Å². The molecule has 2 N–H and O–H groups in total. The lowest BCUT2D eigenvalue weighted by Gasteiger charge is -2.17. The van der Waals surface area contributed by atoms with E-state index >= 15 is 0 Å². The highest BCUT2D eigenvalue weighted by molar-refractivity contribution is 9.10. The molecule has 1 amide bonds. The molecule has 0 spiro atoms. The number of likely N-dealkylation sites (N-methyl/N-ethyl adjacent to an activating group) is 1. The fraction of sp³-hybridized carbons (Fsp3) is 0.429. The predicted octanol–water partition coefficient (Wildman–Crippen LogP) is 2.57. The van der Waals surface area contributed by atoms with E-state index in [1.807, 2.05) is 10.9 Å². The first-order chi connectivity index (χ1) is 10.1. The van der Waals surface area contributed by atoms with Gasteiger partial charge >= 0.3 is 0 Å². The summed E-state index contributed by atoms with van der Waals surface area (Å²) in [5, 5.41) is 7.08. The molecular formula is C14H20BrN5O. The van der Waals surface area contributed by atoms with E-state index in [4.69, 9.17) is 0 Å². The van der Waals surface area contributed by atoms with Crippen molar-refractivity contribution in [1.29, 1.82) is 0 Å². The largest absolute Gasteiger partial charge is 0.356 e. The van der Waals surface area contributed by atoms with Crippen molar-refractivity contribution < 1.29 is 4.79 Å². The van der Waals surface area contributed by atoms with E-state index in [1.165, 1.54) is 0 Å². The first-order valence-electron chi connectivity index (χ1n) is 7.02. The van der Waals surface area contributed by atoms with E-state index in [1.54, 1.807) is 18.5 Å². The molecule has 7 heteroatoms. The molecule has 2 rings (SSSR count). The summed E-state index contributed by atoms with van der Waals surface area (Å²) in [7, 11) is 0. The van der Waals surface area contributed by atoms with Crippen molar-refractivity contribution in [2.24, 2.45) is 0 Å². The molecule has 0 aromatic carbocycles. The topological polar surface area (TPSA) is 65.9 Å². The highest BCUT2D eigenvalue weighted by Crippen LogP contribution is 2.13. The van der Waals surface area contributed by atoms with Gasteiger partial charge in [-0.25, -0.2) is 0 Å². The van der Waals surface area contributed by atoms with E-state index in [2.05, 4.69) is 50.1 Å². The summed E-state index contributed by atoms with van der Waals surface area (Å²) in [4.78, 5) is 17.2. The van der Waals surface area contributed by atoms with Gasteiger partial charge in [0.1, 0.15) is 5.69 Å². The van der Waals surface area contributed by atoms with Crippen molar-refractivity contribution >= 4 is 27.5 Å². The fourth-order valence-corrected chi connectivity index (χ4v) is 2.37. The third-order valence-electron chi connectivity index (χ3n) is 3.32.